The van der Waals surface area contributed by atoms with Gasteiger partial charge in [0.1, 0.15) is 0 Å². The molecule has 1 aromatic rings. The van der Waals surface area contributed by atoms with E-state index in [1.165, 1.54) is 6.07 Å². The van der Waals surface area contributed by atoms with Crippen LogP contribution < -0.4 is 10.6 Å². The van der Waals surface area contributed by atoms with Crippen LogP contribution in [0.5, 0.6) is 0 Å². The number of nitrogens with one attached hydrogen (secondary N) is 2. The molecule has 3 nitrogen and oxygen atoms in total. The van der Waals surface area contributed by atoms with Crippen LogP contribution in [0.15, 0.2) is 18.2 Å². The van der Waals surface area contributed by atoms with Gasteiger partial charge in [0.25, 0.3) is 0 Å². The predicted octanol–water partition coefficient (Wildman–Crippen LogP) is 3.54. The van der Waals surface area contributed by atoms with Gasteiger partial charge in [0, 0.05) is 11.7 Å². The standard InChI is InChI=1S/C12H15F3N2O/c1-7(2)16-11(18)17-10-6-9(12(13,14)15)5-4-8(10)3/h4-7H,1-3H3,(H2,16,17,18). The van der Waals surface area contributed by atoms with Crippen molar-refractivity contribution >= 4 is 11.7 Å². The van der Waals surface area contributed by atoms with Gasteiger partial charge in [-0.15, -0.1) is 0 Å². The molecule has 2 amide bonds. The SMILES string of the molecule is Cc1ccc(C(F)(F)F)cc1NC(=O)NC(C)C. The molecule has 100 valence electrons. The predicted molar refractivity (Wildman–Crippen MR) is 63.5 cm³/mol. The summed E-state index contributed by atoms with van der Waals surface area (Å²) in [7, 11) is 0. The Bertz CT molecular complexity index is 441. The fourth-order valence-electron chi connectivity index (χ4n) is 1.35. The van der Waals surface area contributed by atoms with Crippen LogP contribution in [0, 0.1) is 6.92 Å². The summed E-state index contributed by atoms with van der Waals surface area (Å²) in [6.45, 7) is 5.16. The number of carbonyl (C=O) groups is 1. The van der Waals surface area contributed by atoms with Crippen LogP contribution in [-0.4, -0.2) is 12.1 Å². The molecule has 1 aromatic carbocycles. The van der Waals surface area contributed by atoms with Crippen molar-refractivity contribution in [2.24, 2.45) is 0 Å². The largest absolute Gasteiger partial charge is 0.416 e. The highest BCUT2D eigenvalue weighted by atomic mass is 19.4. The summed E-state index contributed by atoms with van der Waals surface area (Å²) < 4.78 is 37.6. The zero-order valence-corrected chi connectivity index (χ0v) is 10.4. The minimum atomic E-state index is -4.42. The molecule has 0 aliphatic carbocycles. The van der Waals surface area contributed by atoms with Gasteiger partial charge < -0.3 is 10.6 Å². The number of benzene rings is 1. The Labute approximate surface area is 103 Å². The molecule has 0 spiro atoms. The third kappa shape index (κ3) is 3.94. The summed E-state index contributed by atoms with van der Waals surface area (Å²) in [5.74, 6) is 0. The molecule has 0 saturated carbocycles. The second-order valence-corrected chi connectivity index (χ2v) is 4.28. The number of alkyl halides is 3. The number of hydrogen-bond acceptors (Lipinski definition) is 1. The number of amides is 2. The molecule has 0 saturated heterocycles. The summed E-state index contributed by atoms with van der Waals surface area (Å²) in [6, 6.07) is 2.63. The third-order valence-corrected chi connectivity index (χ3v) is 2.23. The van der Waals surface area contributed by atoms with Gasteiger partial charge in [-0.2, -0.15) is 13.2 Å². The number of carbonyl (C=O) groups excluding carboxylic acids is 1. The topological polar surface area (TPSA) is 41.1 Å². The van der Waals surface area contributed by atoms with Crippen LogP contribution in [0.2, 0.25) is 0 Å². The number of hydrogen-bond donors (Lipinski definition) is 2. The highest BCUT2D eigenvalue weighted by Crippen LogP contribution is 2.31. The van der Waals surface area contributed by atoms with Crippen molar-refractivity contribution in [3.8, 4) is 0 Å². The second kappa shape index (κ2) is 5.29. The second-order valence-electron chi connectivity index (χ2n) is 4.28. The lowest BCUT2D eigenvalue weighted by Crippen LogP contribution is -2.34. The molecule has 0 bridgehead atoms. The number of halogens is 3. The van der Waals surface area contributed by atoms with E-state index in [4.69, 9.17) is 0 Å². The summed E-state index contributed by atoms with van der Waals surface area (Å²) >= 11 is 0. The van der Waals surface area contributed by atoms with Crippen LogP contribution in [0.25, 0.3) is 0 Å². The lowest BCUT2D eigenvalue weighted by atomic mass is 10.1. The van der Waals surface area contributed by atoms with Crippen LogP contribution in [0.3, 0.4) is 0 Å². The van der Waals surface area contributed by atoms with Crippen molar-refractivity contribution in [3.63, 3.8) is 0 Å². The van der Waals surface area contributed by atoms with Crippen LogP contribution in [-0.2, 0) is 6.18 Å². The lowest BCUT2D eigenvalue weighted by molar-refractivity contribution is -0.137. The van der Waals surface area contributed by atoms with Gasteiger partial charge in [-0.3, -0.25) is 0 Å². The molecule has 0 heterocycles. The van der Waals surface area contributed by atoms with E-state index in [0.29, 0.717) is 5.56 Å². The van der Waals surface area contributed by atoms with E-state index in [1.807, 2.05) is 0 Å². The smallest absolute Gasteiger partial charge is 0.336 e. The van der Waals surface area contributed by atoms with Crippen molar-refractivity contribution in [2.75, 3.05) is 5.32 Å². The maximum atomic E-state index is 12.5. The maximum Gasteiger partial charge on any atom is 0.416 e. The molecule has 0 fully saturated rings. The summed E-state index contributed by atoms with van der Waals surface area (Å²) in [6.07, 6.45) is -4.42. The lowest BCUT2D eigenvalue weighted by Gasteiger charge is -2.14. The van der Waals surface area contributed by atoms with Crippen molar-refractivity contribution in [2.45, 2.75) is 33.0 Å². The Morgan fingerprint density at radius 3 is 2.39 bits per heavy atom. The van der Waals surface area contributed by atoms with E-state index in [1.54, 1.807) is 20.8 Å². The van der Waals surface area contributed by atoms with Gasteiger partial charge >= 0.3 is 12.2 Å². The Morgan fingerprint density at radius 1 is 1.28 bits per heavy atom. The average molecular weight is 260 g/mol. The summed E-state index contributed by atoms with van der Waals surface area (Å²) in [5.41, 5.74) is -0.0576. The monoisotopic (exact) mass is 260 g/mol. The van der Waals surface area contributed by atoms with Gasteiger partial charge in [-0.1, -0.05) is 6.07 Å². The van der Waals surface area contributed by atoms with E-state index < -0.39 is 17.8 Å². The van der Waals surface area contributed by atoms with Gasteiger partial charge in [0.15, 0.2) is 0 Å². The maximum absolute atomic E-state index is 12.5. The van der Waals surface area contributed by atoms with Gasteiger partial charge in [0.05, 0.1) is 5.56 Å². The van der Waals surface area contributed by atoms with E-state index in [-0.39, 0.29) is 11.7 Å². The quantitative estimate of drug-likeness (QED) is 0.839. The highest BCUT2D eigenvalue weighted by molar-refractivity contribution is 5.90. The zero-order valence-electron chi connectivity index (χ0n) is 10.4. The molecule has 0 aromatic heterocycles. The van der Waals surface area contributed by atoms with E-state index in [2.05, 4.69) is 10.6 Å². The van der Waals surface area contributed by atoms with Crippen molar-refractivity contribution < 1.29 is 18.0 Å². The molecule has 0 aliphatic heterocycles. The van der Waals surface area contributed by atoms with Crippen molar-refractivity contribution in [1.82, 2.24) is 5.32 Å². The normalized spacial score (nSPS) is 11.5. The third-order valence-electron chi connectivity index (χ3n) is 2.23. The Hall–Kier alpha value is -1.72. The van der Waals surface area contributed by atoms with E-state index in [9.17, 15) is 18.0 Å². The first-order valence-corrected chi connectivity index (χ1v) is 5.45. The Kier molecular flexibility index (Phi) is 4.21. The van der Waals surface area contributed by atoms with Crippen LogP contribution in [0.1, 0.15) is 25.0 Å². The minimum absolute atomic E-state index is 0.0869. The zero-order chi connectivity index (χ0) is 13.9. The number of anilines is 1. The van der Waals surface area contributed by atoms with Gasteiger partial charge in [-0.05, 0) is 38.5 Å². The van der Waals surface area contributed by atoms with Gasteiger partial charge in [0.2, 0.25) is 0 Å². The molecule has 1 rings (SSSR count). The minimum Gasteiger partial charge on any atom is -0.336 e. The molecule has 18 heavy (non-hydrogen) atoms. The number of aryl methyl sites for hydroxylation is 1. The first-order chi connectivity index (χ1) is 8.20. The molecule has 6 heteroatoms. The average Bonchev–Trinajstić information content (AvgIpc) is 2.18. The molecular formula is C12H15F3N2O. The molecule has 0 aliphatic rings. The summed E-state index contributed by atoms with van der Waals surface area (Å²) in [4.78, 5) is 11.4. The van der Waals surface area contributed by atoms with Crippen LogP contribution >= 0.6 is 0 Å². The summed E-state index contributed by atoms with van der Waals surface area (Å²) in [5, 5.41) is 4.95. The van der Waals surface area contributed by atoms with Crippen molar-refractivity contribution in [3.05, 3.63) is 29.3 Å². The molecule has 0 atom stereocenters. The number of rotatable bonds is 2. The molecular weight excluding hydrogens is 245 g/mol. The van der Waals surface area contributed by atoms with E-state index in [0.717, 1.165) is 12.1 Å². The first kappa shape index (κ1) is 14.3. The molecule has 2 N–H and O–H groups in total. The molecule has 0 unspecified atom stereocenters. The molecule has 0 radical (unpaired) electrons. The highest BCUT2D eigenvalue weighted by Gasteiger charge is 2.30. The Balaban J connectivity index is 2.92. The van der Waals surface area contributed by atoms with Crippen LogP contribution in [0.4, 0.5) is 23.7 Å². The van der Waals surface area contributed by atoms with E-state index >= 15 is 0 Å². The first-order valence-electron chi connectivity index (χ1n) is 5.45. The fraction of sp³-hybridized carbons (Fsp3) is 0.417. The van der Waals surface area contributed by atoms with Gasteiger partial charge in [-0.25, -0.2) is 4.79 Å². The number of urea groups is 1. The Morgan fingerprint density at radius 2 is 1.89 bits per heavy atom. The fourth-order valence-corrected chi connectivity index (χ4v) is 1.35. The van der Waals surface area contributed by atoms with Crippen molar-refractivity contribution in [1.29, 1.82) is 0 Å².